The lowest BCUT2D eigenvalue weighted by molar-refractivity contribution is -0.145. The standard InChI is InChI=1S/C37H69NO4/c1-3-5-7-9-11-13-15-17-18-20-22-24-26-28-30-32-37(41)42-34-35(33-39)38-36(40)31-29-27-25-23-21-19-16-14-12-10-8-6-4-2/h17-19,21,35,39H,3-16,20,22-34H2,1-2H3,(H,38,40)/b18-17-,21-19+. The summed E-state index contributed by atoms with van der Waals surface area (Å²) < 4.78 is 5.31. The quantitative estimate of drug-likeness (QED) is 0.0463. The highest BCUT2D eigenvalue weighted by Crippen LogP contribution is 2.11. The van der Waals surface area contributed by atoms with E-state index in [1.807, 2.05) is 0 Å². The Kier molecular flexibility index (Phi) is 32.6. The van der Waals surface area contributed by atoms with Gasteiger partial charge in [-0.05, 0) is 64.2 Å². The molecule has 1 amide bonds. The van der Waals surface area contributed by atoms with Crippen molar-refractivity contribution < 1.29 is 19.4 Å². The van der Waals surface area contributed by atoms with Gasteiger partial charge in [-0.25, -0.2) is 0 Å². The number of nitrogens with one attached hydrogen (secondary N) is 1. The highest BCUT2D eigenvalue weighted by molar-refractivity contribution is 5.76. The molecule has 0 spiro atoms. The van der Waals surface area contributed by atoms with Crippen molar-refractivity contribution in [3.05, 3.63) is 24.3 Å². The monoisotopic (exact) mass is 592 g/mol. The molecule has 1 atom stereocenters. The lowest BCUT2D eigenvalue weighted by atomic mass is 10.1. The summed E-state index contributed by atoms with van der Waals surface area (Å²) in [4.78, 5) is 24.3. The first-order valence-electron chi connectivity index (χ1n) is 18.0. The number of hydrogen-bond donors (Lipinski definition) is 2. The number of aliphatic hydroxyl groups excluding tert-OH is 1. The Morgan fingerprint density at radius 1 is 0.571 bits per heavy atom. The summed E-state index contributed by atoms with van der Waals surface area (Å²) in [6.45, 7) is 4.32. The van der Waals surface area contributed by atoms with Crippen LogP contribution in [-0.4, -0.2) is 36.2 Å². The molecule has 0 rings (SSSR count). The van der Waals surface area contributed by atoms with Gasteiger partial charge in [-0.2, -0.15) is 0 Å². The fourth-order valence-electron chi connectivity index (χ4n) is 5.05. The van der Waals surface area contributed by atoms with E-state index < -0.39 is 6.04 Å². The number of aliphatic hydroxyl groups is 1. The van der Waals surface area contributed by atoms with Crippen molar-refractivity contribution in [1.29, 1.82) is 0 Å². The predicted molar refractivity (Wildman–Crippen MR) is 180 cm³/mol. The minimum atomic E-state index is -0.527. The fraction of sp³-hybridized carbons (Fsp3) is 0.838. The number of allylic oxidation sites excluding steroid dienone is 4. The average Bonchev–Trinajstić information content (AvgIpc) is 2.99. The maximum absolute atomic E-state index is 12.2. The third kappa shape index (κ3) is 31.3. The van der Waals surface area contributed by atoms with Crippen LogP contribution < -0.4 is 5.32 Å². The molecule has 5 nitrogen and oxygen atoms in total. The van der Waals surface area contributed by atoms with Gasteiger partial charge in [0.1, 0.15) is 6.61 Å². The number of rotatable bonds is 32. The van der Waals surface area contributed by atoms with Gasteiger partial charge in [0.25, 0.3) is 0 Å². The van der Waals surface area contributed by atoms with Crippen LogP contribution >= 0.6 is 0 Å². The summed E-state index contributed by atoms with van der Waals surface area (Å²) >= 11 is 0. The normalized spacial score (nSPS) is 12.4. The zero-order valence-corrected chi connectivity index (χ0v) is 27.9. The van der Waals surface area contributed by atoms with Gasteiger partial charge in [-0.15, -0.1) is 0 Å². The molecule has 0 saturated heterocycles. The Morgan fingerprint density at radius 3 is 1.40 bits per heavy atom. The number of carbonyl (C=O) groups is 2. The van der Waals surface area contributed by atoms with E-state index in [1.165, 1.54) is 103 Å². The summed E-state index contributed by atoms with van der Waals surface area (Å²) in [5.41, 5.74) is 0. The van der Waals surface area contributed by atoms with E-state index in [2.05, 4.69) is 43.5 Å². The Balaban J connectivity index is 3.60. The number of esters is 1. The summed E-state index contributed by atoms with van der Waals surface area (Å²) in [5, 5.41) is 12.4. The topological polar surface area (TPSA) is 75.6 Å². The molecule has 0 aliphatic heterocycles. The number of hydrogen-bond acceptors (Lipinski definition) is 4. The molecule has 0 aliphatic rings. The molecule has 0 fully saturated rings. The van der Waals surface area contributed by atoms with E-state index in [9.17, 15) is 14.7 Å². The third-order valence-electron chi connectivity index (χ3n) is 7.84. The molecule has 0 aromatic heterocycles. The molecule has 2 N–H and O–H groups in total. The number of carbonyl (C=O) groups excluding carboxylic acids is 2. The zero-order valence-electron chi connectivity index (χ0n) is 27.9. The second kappa shape index (κ2) is 33.9. The first kappa shape index (κ1) is 40.4. The van der Waals surface area contributed by atoms with E-state index in [-0.39, 0.29) is 25.1 Å². The molecule has 0 aromatic carbocycles. The second-order valence-corrected chi connectivity index (χ2v) is 12.1. The van der Waals surface area contributed by atoms with Crippen molar-refractivity contribution in [3.63, 3.8) is 0 Å². The first-order valence-corrected chi connectivity index (χ1v) is 18.0. The van der Waals surface area contributed by atoms with Gasteiger partial charge >= 0.3 is 5.97 Å². The fourth-order valence-corrected chi connectivity index (χ4v) is 5.05. The van der Waals surface area contributed by atoms with E-state index >= 15 is 0 Å². The van der Waals surface area contributed by atoms with Gasteiger partial charge < -0.3 is 15.2 Å². The second-order valence-electron chi connectivity index (χ2n) is 12.1. The van der Waals surface area contributed by atoms with Gasteiger partial charge in [0, 0.05) is 12.8 Å². The Morgan fingerprint density at radius 2 is 0.952 bits per heavy atom. The van der Waals surface area contributed by atoms with Crippen molar-refractivity contribution in [3.8, 4) is 0 Å². The largest absolute Gasteiger partial charge is 0.463 e. The van der Waals surface area contributed by atoms with E-state index in [1.54, 1.807) is 0 Å². The van der Waals surface area contributed by atoms with Crippen molar-refractivity contribution in [1.82, 2.24) is 5.32 Å². The predicted octanol–water partition coefficient (Wildman–Crippen LogP) is 10.3. The van der Waals surface area contributed by atoms with Crippen LogP contribution in [0.15, 0.2) is 24.3 Å². The van der Waals surface area contributed by atoms with Crippen LogP contribution in [-0.2, 0) is 14.3 Å². The SMILES string of the molecule is CCCCCCCC/C=C\CCCCCCCC(=O)OCC(CO)NC(=O)CCCCC/C=C/CCCCCCCC. The molecule has 1 unspecified atom stereocenters. The average molecular weight is 592 g/mol. The molecular weight excluding hydrogens is 522 g/mol. The van der Waals surface area contributed by atoms with E-state index in [4.69, 9.17) is 4.74 Å². The Labute approximate surface area is 260 Å². The van der Waals surface area contributed by atoms with Gasteiger partial charge in [0.15, 0.2) is 0 Å². The minimum Gasteiger partial charge on any atom is -0.463 e. The van der Waals surface area contributed by atoms with Crippen molar-refractivity contribution in [2.24, 2.45) is 0 Å². The molecule has 0 heterocycles. The number of unbranched alkanes of at least 4 members (excludes halogenated alkanes) is 20. The minimum absolute atomic E-state index is 0.0372. The van der Waals surface area contributed by atoms with Gasteiger partial charge in [-0.1, -0.05) is 128 Å². The lowest BCUT2D eigenvalue weighted by Crippen LogP contribution is -2.41. The summed E-state index contributed by atoms with van der Waals surface area (Å²) in [6, 6.07) is -0.527. The molecule has 0 aliphatic carbocycles. The molecule has 0 saturated carbocycles. The van der Waals surface area contributed by atoms with Gasteiger partial charge in [0.2, 0.25) is 5.91 Å². The van der Waals surface area contributed by atoms with Crippen molar-refractivity contribution >= 4 is 11.9 Å². The van der Waals surface area contributed by atoms with Crippen molar-refractivity contribution in [2.45, 2.75) is 187 Å². The Hall–Kier alpha value is -1.62. The van der Waals surface area contributed by atoms with Crippen LogP contribution in [0.2, 0.25) is 0 Å². The van der Waals surface area contributed by atoms with E-state index in [0.717, 1.165) is 51.4 Å². The molecule has 0 aromatic rings. The van der Waals surface area contributed by atoms with Crippen LogP contribution in [0.25, 0.3) is 0 Å². The molecule has 246 valence electrons. The van der Waals surface area contributed by atoms with Crippen LogP contribution in [0.4, 0.5) is 0 Å². The molecule has 0 radical (unpaired) electrons. The lowest BCUT2D eigenvalue weighted by Gasteiger charge is -2.16. The van der Waals surface area contributed by atoms with Crippen LogP contribution in [0.1, 0.15) is 181 Å². The highest BCUT2D eigenvalue weighted by atomic mass is 16.5. The number of amides is 1. The van der Waals surface area contributed by atoms with Crippen LogP contribution in [0, 0.1) is 0 Å². The third-order valence-corrected chi connectivity index (χ3v) is 7.84. The smallest absolute Gasteiger partial charge is 0.305 e. The summed E-state index contributed by atoms with van der Waals surface area (Å²) in [5.74, 6) is -0.328. The highest BCUT2D eigenvalue weighted by Gasteiger charge is 2.14. The van der Waals surface area contributed by atoms with Crippen LogP contribution in [0.5, 0.6) is 0 Å². The molecule has 42 heavy (non-hydrogen) atoms. The van der Waals surface area contributed by atoms with Gasteiger partial charge in [0.05, 0.1) is 12.6 Å². The van der Waals surface area contributed by atoms with Crippen molar-refractivity contribution in [2.75, 3.05) is 13.2 Å². The molecule has 0 bridgehead atoms. The first-order chi connectivity index (χ1) is 20.6. The van der Waals surface area contributed by atoms with E-state index in [0.29, 0.717) is 12.8 Å². The summed E-state index contributed by atoms with van der Waals surface area (Å²) in [6.07, 6.45) is 39.3. The molecular formula is C37H69NO4. The van der Waals surface area contributed by atoms with Gasteiger partial charge in [-0.3, -0.25) is 9.59 Å². The maximum atomic E-state index is 12.2. The summed E-state index contributed by atoms with van der Waals surface area (Å²) in [7, 11) is 0. The molecule has 5 heteroatoms. The Bertz CT molecular complexity index is 646. The van der Waals surface area contributed by atoms with Crippen LogP contribution in [0.3, 0.4) is 0 Å². The maximum Gasteiger partial charge on any atom is 0.305 e. The zero-order chi connectivity index (χ0) is 30.8. The number of ether oxygens (including phenoxy) is 1.